The summed E-state index contributed by atoms with van der Waals surface area (Å²) in [6.45, 7) is 4.07. The van der Waals surface area contributed by atoms with Gasteiger partial charge in [-0.25, -0.2) is 9.78 Å². The molecule has 0 aliphatic carbocycles. The molecular weight excluding hydrogens is 445 g/mol. The second-order valence-corrected chi connectivity index (χ2v) is 7.54. The molecule has 166 valence electrons. The molecule has 0 saturated heterocycles. The second kappa shape index (κ2) is 7.98. The molecule has 1 N–H and O–H groups in total. The molecule has 0 radical (unpaired) electrons. The zero-order valence-corrected chi connectivity index (χ0v) is 17.9. The van der Waals surface area contributed by atoms with Gasteiger partial charge in [0.15, 0.2) is 5.65 Å². The molecule has 0 aliphatic heterocycles. The number of hydrogen-bond donors (Lipinski definition) is 1. The molecular formula is C22H18ClF3N4O2. The maximum atomic E-state index is 13.1. The van der Waals surface area contributed by atoms with Crippen LogP contribution >= 0.6 is 11.6 Å². The van der Waals surface area contributed by atoms with E-state index in [1.807, 2.05) is 0 Å². The van der Waals surface area contributed by atoms with Crippen LogP contribution in [0, 0.1) is 0 Å². The molecule has 0 fully saturated rings. The number of hydrogen-bond acceptors (Lipinski definition) is 3. The van der Waals surface area contributed by atoms with Gasteiger partial charge in [0, 0.05) is 29.2 Å². The molecule has 0 aliphatic rings. The van der Waals surface area contributed by atoms with Crippen LogP contribution in [0.2, 0.25) is 5.02 Å². The summed E-state index contributed by atoms with van der Waals surface area (Å²) in [6, 6.07) is 9.74. The second-order valence-electron chi connectivity index (χ2n) is 7.13. The monoisotopic (exact) mass is 462 g/mol. The fourth-order valence-electron chi connectivity index (χ4n) is 3.60. The third kappa shape index (κ3) is 3.62. The van der Waals surface area contributed by atoms with E-state index in [0.717, 1.165) is 16.7 Å². The van der Waals surface area contributed by atoms with E-state index >= 15 is 0 Å². The van der Waals surface area contributed by atoms with Gasteiger partial charge < -0.3 is 4.98 Å². The van der Waals surface area contributed by atoms with Crippen molar-refractivity contribution in [3.05, 3.63) is 73.9 Å². The molecule has 4 rings (SSSR count). The first-order valence-electron chi connectivity index (χ1n) is 9.86. The molecule has 0 spiro atoms. The molecule has 2 aromatic heterocycles. The number of benzene rings is 2. The van der Waals surface area contributed by atoms with E-state index in [4.69, 9.17) is 11.6 Å². The van der Waals surface area contributed by atoms with E-state index in [1.165, 1.54) is 10.6 Å². The summed E-state index contributed by atoms with van der Waals surface area (Å²) >= 11 is 6.13. The van der Waals surface area contributed by atoms with Gasteiger partial charge in [0.1, 0.15) is 11.3 Å². The van der Waals surface area contributed by atoms with Crippen molar-refractivity contribution in [1.82, 2.24) is 19.1 Å². The van der Waals surface area contributed by atoms with Crippen molar-refractivity contribution in [2.24, 2.45) is 0 Å². The summed E-state index contributed by atoms with van der Waals surface area (Å²) in [6.07, 6.45) is -4.48. The Labute approximate surface area is 184 Å². The number of rotatable bonds is 4. The van der Waals surface area contributed by atoms with Crippen molar-refractivity contribution in [1.29, 1.82) is 0 Å². The minimum atomic E-state index is -4.48. The predicted octanol–water partition coefficient (Wildman–Crippen LogP) is 4.93. The van der Waals surface area contributed by atoms with E-state index in [1.54, 1.807) is 38.1 Å². The Bertz CT molecular complexity index is 1430. The predicted molar refractivity (Wildman–Crippen MR) is 117 cm³/mol. The zero-order valence-electron chi connectivity index (χ0n) is 17.1. The Morgan fingerprint density at radius 3 is 2.19 bits per heavy atom. The van der Waals surface area contributed by atoms with E-state index < -0.39 is 23.0 Å². The minimum Gasteiger partial charge on any atom is -0.332 e. The topological polar surface area (TPSA) is 72.7 Å². The maximum Gasteiger partial charge on any atom is 0.416 e. The van der Waals surface area contributed by atoms with Crippen LogP contribution < -0.4 is 11.2 Å². The van der Waals surface area contributed by atoms with Crippen LogP contribution in [0.5, 0.6) is 0 Å². The van der Waals surface area contributed by atoms with Crippen LogP contribution in [0.1, 0.15) is 19.4 Å². The fraction of sp³-hybridized carbons (Fsp3) is 0.227. The molecule has 10 heteroatoms. The SMILES string of the molecule is CCn1c(=O)c2[nH]c(-c3ccc(-c4cc(C(F)(F)F)ccc4Cl)cc3)nc2n(CC)c1=O. The average molecular weight is 463 g/mol. The lowest BCUT2D eigenvalue weighted by Crippen LogP contribution is -2.39. The van der Waals surface area contributed by atoms with Gasteiger partial charge in [-0.2, -0.15) is 13.2 Å². The smallest absolute Gasteiger partial charge is 0.332 e. The van der Waals surface area contributed by atoms with Crippen molar-refractivity contribution in [2.45, 2.75) is 33.1 Å². The number of nitrogens with zero attached hydrogens (tertiary/aromatic N) is 3. The summed E-state index contributed by atoms with van der Waals surface area (Å²) in [5, 5.41) is 0.196. The third-order valence-electron chi connectivity index (χ3n) is 5.26. The zero-order chi connectivity index (χ0) is 23.2. The molecule has 0 amide bonds. The van der Waals surface area contributed by atoms with Crippen molar-refractivity contribution < 1.29 is 13.2 Å². The van der Waals surface area contributed by atoms with Crippen LogP contribution in [-0.4, -0.2) is 19.1 Å². The number of aromatic nitrogens is 4. The number of aryl methyl sites for hydroxylation is 1. The van der Waals surface area contributed by atoms with Gasteiger partial charge in [-0.05, 0) is 37.6 Å². The lowest BCUT2D eigenvalue weighted by atomic mass is 10.0. The van der Waals surface area contributed by atoms with Crippen molar-refractivity contribution in [2.75, 3.05) is 0 Å². The molecule has 32 heavy (non-hydrogen) atoms. The normalized spacial score (nSPS) is 11.9. The van der Waals surface area contributed by atoms with Gasteiger partial charge in [-0.1, -0.05) is 35.9 Å². The molecule has 0 unspecified atom stereocenters. The summed E-state index contributed by atoms with van der Waals surface area (Å²) in [7, 11) is 0. The first kappa shape index (κ1) is 21.9. The van der Waals surface area contributed by atoms with Gasteiger partial charge in [0.05, 0.1) is 5.56 Å². The van der Waals surface area contributed by atoms with Gasteiger partial charge >= 0.3 is 11.9 Å². The fourth-order valence-corrected chi connectivity index (χ4v) is 3.82. The lowest BCUT2D eigenvalue weighted by molar-refractivity contribution is -0.137. The summed E-state index contributed by atoms with van der Waals surface area (Å²) < 4.78 is 41.8. The molecule has 0 atom stereocenters. The highest BCUT2D eigenvalue weighted by Crippen LogP contribution is 2.36. The molecule has 2 aromatic carbocycles. The quantitative estimate of drug-likeness (QED) is 0.467. The highest BCUT2D eigenvalue weighted by atomic mass is 35.5. The van der Waals surface area contributed by atoms with E-state index in [0.29, 0.717) is 23.5 Å². The third-order valence-corrected chi connectivity index (χ3v) is 5.59. The van der Waals surface area contributed by atoms with Gasteiger partial charge in [-0.3, -0.25) is 13.9 Å². The van der Waals surface area contributed by atoms with Gasteiger partial charge in [0.2, 0.25) is 0 Å². The lowest BCUT2D eigenvalue weighted by Gasteiger charge is -2.11. The number of halogens is 4. The Kier molecular flexibility index (Phi) is 5.46. The Balaban J connectivity index is 1.80. The average Bonchev–Trinajstić information content (AvgIpc) is 3.19. The van der Waals surface area contributed by atoms with Crippen LogP contribution in [0.25, 0.3) is 33.7 Å². The van der Waals surface area contributed by atoms with E-state index in [2.05, 4.69) is 9.97 Å². The van der Waals surface area contributed by atoms with E-state index in [-0.39, 0.29) is 28.3 Å². The Hall–Kier alpha value is -3.33. The van der Waals surface area contributed by atoms with Crippen LogP contribution in [-0.2, 0) is 19.3 Å². The molecule has 4 aromatic rings. The highest BCUT2D eigenvalue weighted by molar-refractivity contribution is 6.33. The van der Waals surface area contributed by atoms with Crippen LogP contribution in [0.4, 0.5) is 13.2 Å². The highest BCUT2D eigenvalue weighted by Gasteiger charge is 2.31. The summed E-state index contributed by atoms with van der Waals surface area (Å²) in [5.41, 5.74) is 0.153. The van der Waals surface area contributed by atoms with Crippen LogP contribution in [0.15, 0.2) is 52.1 Å². The molecule has 0 bridgehead atoms. The first-order valence-corrected chi connectivity index (χ1v) is 10.2. The summed E-state index contributed by atoms with van der Waals surface area (Å²) in [5.74, 6) is 0.370. The number of nitrogens with one attached hydrogen (secondary N) is 1. The van der Waals surface area contributed by atoms with Gasteiger partial charge in [0.25, 0.3) is 5.56 Å². The molecule has 2 heterocycles. The summed E-state index contributed by atoms with van der Waals surface area (Å²) in [4.78, 5) is 32.6. The van der Waals surface area contributed by atoms with Crippen molar-refractivity contribution >= 4 is 22.8 Å². The van der Waals surface area contributed by atoms with E-state index in [9.17, 15) is 22.8 Å². The molecule has 0 saturated carbocycles. The molecule has 6 nitrogen and oxygen atoms in total. The standard InChI is InChI=1S/C22H18ClF3N4O2/c1-3-29-19-17(20(31)30(4-2)21(29)32)27-18(28-19)13-7-5-12(6-8-13)15-11-14(22(24,25)26)9-10-16(15)23/h5-11H,3-4H2,1-2H3,(H,27,28). The number of imidazole rings is 1. The number of aromatic amines is 1. The Morgan fingerprint density at radius 2 is 1.59 bits per heavy atom. The van der Waals surface area contributed by atoms with Crippen molar-refractivity contribution in [3.63, 3.8) is 0 Å². The van der Waals surface area contributed by atoms with Gasteiger partial charge in [-0.15, -0.1) is 0 Å². The minimum absolute atomic E-state index is 0.196. The Morgan fingerprint density at radius 1 is 0.969 bits per heavy atom. The number of alkyl halides is 3. The number of H-pyrrole nitrogens is 1. The van der Waals surface area contributed by atoms with Crippen molar-refractivity contribution in [3.8, 4) is 22.5 Å². The first-order chi connectivity index (χ1) is 15.2. The number of fused-ring (bicyclic) bond motifs is 1. The largest absolute Gasteiger partial charge is 0.416 e. The maximum absolute atomic E-state index is 13.1. The van der Waals surface area contributed by atoms with Crippen LogP contribution in [0.3, 0.4) is 0 Å².